The Hall–Kier alpha value is -1.22. The molecule has 3 heteroatoms. The molecule has 0 bridgehead atoms. The summed E-state index contributed by atoms with van der Waals surface area (Å²) < 4.78 is 4.25. The molecule has 0 aromatic heterocycles. The highest BCUT2D eigenvalue weighted by atomic mass is 16.4. The number of phenols is 2. The summed E-state index contributed by atoms with van der Waals surface area (Å²) in [5.74, 6) is 0.460. The van der Waals surface area contributed by atoms with Crippen molar-refractivity contribution in [3.05, 3.63) is 23.8 Å². The van der Waals surface area contributed by atoms with Crippen LogP contribution in [0.3, 0.4) is 0 Å². The molecule has 0 spiro atoms. The van der Waals surface area contributed by atoms with Crippen molar-refractivity contribution in [2.24, 2.45) is 5.41 Å². The number of methoxy groups -OCH3 is 1. The van der Waals surface area contributed by atoms with Crippen LogP contribution in [0.25, 0.3) is 0 Å². The van der Waals surface area contributed by atoms with Crippen molar-refractivity contribution in [1.29, 1.82) is 0 Å². The quantitative estimate of drug-likeness (QED) is 0.795. The molecule has 0 aliphatic rings. The van der Waals surface area contributed by atoms with Crippen LogP contribution in [0.15, 0.2) is 18.2 Å². The van der Waals surface area contributed by atoms with Gasteiger partial charge in [-0.25, -0.2) is 0 Å². The molecular weight excluding hydrogens is 240 g/mol. The van der Waals surface area contributed by atoms with Crippen LogP contribution in [0.4, 0.5) is 0 Å². The van der Waals surface area contributed by atoms with Crippen LogP contribution >= 0.6 is 0 Å². The SMILES string of the molecule is CC(C)(C)CC(C)(C)c1cc(O)ccc1O.COC. The number of phenolic OH excluding ortho intramolecular Hbond substituents is 2. The first-order chi connectivity index (χ1) is 8.53. The Bertz CT molecular complexity index is 389. The summed E-state index contributed by atoms with van der Waals surface area (Å²) in [6.07, 6.45) is 0.941. The average molecular weight is 268 g/mol. The molecule has 0 fully saturated rings. The van der Waals surface area contributed by atoms with Gasteiger partial charge in [0, 0.05) is 19.8 Å². The second-order valence-electron chi connectivity index (χ2n) is 6.73. The van der Waals surface area contributed by atoms with Gasteiger partial charge in [0.25, 0.3) is 0 Å². The van der Waals surface area contributed by atoms with Crippen LogP contribution < -0.4 is 0 Å². The third-order valence-electron chi connectivity index (χ3n) is 2.68. The van der Waals surface area contributed by atoms with Crippen molar-refractivity contribution in [3.8, 4) is 11.5 Å². The van der Waals surface area contributed by atoms with Crippen LogP contribution in [-0.2, 0) is 10.2 Å². The summed E-state index contributed by atoms with van der Waals surface area (Å²) >= 11 is 0. The molecule has 1 aromatic carbocycles. The number of aromatic hydroxyl groups is 2. The molecule has 1 rings (SSSR count). The van der Waals surface area contributed by atoms with Crippen molar-refractivity contribution < 1.29 is 14.9 Å². The lowest BCUT2D eigenvalue weighted by atomic mass is 9.72. The minimum Gasteiger partial charge on any atom is -0.508 e. The lowest BCUT2D eigenvalue weighted by molar-refractivity contribution is 0.277. The Morgan fingerprint density at radius 2 is 1.47 bits per heavy atom. The van der Waals surface area contributed by atoms with Gasteiger partial charge < -0.3 is 14.9 Å². The van der Waals surface area contributed by atoms with E-state index in [2.05, 4.69) is 39.4 Å². The summed E-state index contributed by atoms with van der Waals surface area (Å²) in [6.45, 7) is 10.7. The highest BCUT2D eigenvalue weighted by Gasteiger charge is 2.29. The maximum Gasteiger partial charge on any atom is 0.119 e. The lowest BCUT2D eigenvalue weighted by Crippen LogP contribution is -2.24. The van der Waals surface area contributed by atoms with Gasteiger partial charge in [-0.05, 0) is 35.4 Å². The first kappa shape index (κ1) is 17.8. The van der Waals surface area contributed by atoms with E-state index < -0.39 is 0 Å². The van der Waals surface area contributed by atoms with Crippen LogP contribution in [0, 0.1) is 5.41 Å². The molecule has 0 atom stereocenters. The summed E-state index contributed by atoms with van der Waals surface area (Å²) in [4.78, 5) is 0. The number of rotatable bonds is 2. The van der Waals surface area contributed by atoms with Gasteiger partial charge in [0.05, 0.1) is 0 Å². The third-order valence-corrected chi connectivity index (χ3v) is 2.68. The molecule has 3 nitrogen and oxygen atoms in total. The predicted molar refractivity (Wildman–Crippen MR) is 79.8 cm³/mol. The fourth-order valence-corrected chi connectivity index (χ4v) is 2.49. The maximum absolute atomic E-state index is 9.86. The van der Waals surface area contributed by atoms with Crippen molar-refractivity contribution in [3.63, 3.8) is 0 Å². The highest BCUT2D eigenvalue weighted by Crippen LogP contribution is 2.40. The predicted octanol–water partition coefficient (Wildman–Crippen LogP) is 4.07. The van der Waals surface area contributed by atoms with Crippen LogP contribution in [-0.4, -0.2) is 24.4 Å². The fourth-order valence-electron chi connectivity index (χ4n) is 2.49. The lowest BCUT2D eigenvalue weighted by Gasteiger charge is -2.33. The molecule has 2 N–H and O–H groups in total. The van der Waals surface area contributed by atoms with Crippen LogP contribution in [0.2, 0.25) is 0 Å². The molecule has 0 saturated carbocycles. The number of hydrogen-bond acceptors (Lipinski definition) is 3. The van der Waals surface area contributed by atoms with E-state index in [1.165, 1.54) is 6.07 Å². The smallest absolute Gasteiger partial charge is 0.119 e. The van der Waals surface area contributed by atoms with Gasteiger partial charge >= 0.3 is 0 Å². The van der Waals surface area contributed by atoms with E-state index in [-0.39, 0.29) is 22.3 Å². The Kier molecular flexibility index (Phi) is 6.37. The largest absolute Gasteiger partial charge is 0.508 e. The minimum atomic E-state index is -0.152. The molecule has 0 saturated heterocycles. The number of hydrogen-bond donors (Lipinski definition) is 2. The van der Waals surface area contributed by atoms with Crippen LogP contribution in [0.1, 0.15) is 46.6 Å². The van der Waals surface area contributed by atoms with Gasteiger partial charge in [0.2, 0.25) is 0 Å². The van der Waals surface area contributed by atoms with E-state index in [9.17, 15) is 10.2 Å². The monoisotopic (exact) mass is 268 g/mol. The van der Waals surface area contributed by atoms with E-state index in [1.807, 2.05) is 0 Å². The zero-order chi connectivity index (χ0) is 15.3. The van der Waals surface area contributed by atoms with Crippen molar-refractivity contribution in [1.82, 2.24) is 0 Å². The first-order valence-corrected chi connectivity index (χ1v) is 6.46. The molecule has 110 valence electrons. The fraction of sp³-hybridized carbons (Fsp3) is 0.625. The zero-order valence-corrected chi connectivity index (χ0v) is 13.2. The second kappa shape index (κ2) is 6.80. The normalized spacial score (nSPS) is 11.7. The molecule has 0 heterocycles. The van der Waals surface area contributed by atoms with Gasteiger partial charge in [0.15, 0.2) is 0 Å². The summed E-state index contributed by atoms with van der Waals surface area (Å²) in [6, 6.07) is 4.71. The van der Waals surface area contributed by atoms with E-state index >= 15 is 0 Å². The van der Waals surface area contributed by atoms with Crippen molar-refractivity contribution in [2.75, 3.05) is 14.2 Å². The highest BCUT2D eigenvalue weighted by molar-refractivity contribution is 5.43. The number of ether oxygens (including phenoxy) is 1. The van der Waals surface area contributed by atoms with Gasteiger partial charge in [-0.15, -0.1) is 0 Å². The molecule has 19 heavy (non-hydrogen) atoms. The van der Waals surface area contributed by atoms with E-state index in [0.29, 0.717) is 0 Å². The molecule has 0 aliphatic carbocycles. The molecular formula is C16H28O3. The minimum absolute atomic E-state index is 0.152. The van der Waals surface area contributed by atoms with Crippen LogP contribution in [0.5, 0.6) is 11.5 Å². The van der Waals surface area contributed by atoms with Gasteiger partial charge in [-0.2, -0.15) is 0 Å². The van der Waals surface area contributed by atoms with Crippen molar-refractivity contribution in [2.45, 2.75) is 46.5 Å². The molecule has 0 unspecified atom stereocenters. The second-order valence-corrected chi connectivity index (χ2v) is 6.73. The Balaban J connectivity index is 0.000000982. The molecule has 1 aromatic rings. The van der Waals surface area contributed by atoms with E-state index in [4.69, 9.17) is 0 Å². The van der Waals surface area contributed by atoms with Crippen molar-refractivity contribution >= 4 is 0 Å². The average Bonchev–Trinajstić information content (AvgIpc) is 2.19. The Morgan fingerprint density at radius 3 is 1.89 bits per heavy atom. The summed E-state index contributed by atoms with van der Waals surface area (Å²) in [5.41, 5.74) is 0.838. The Labute approximate surface area is 117 Å². The first-order valence-electron chi connectivity index (χ1n) is 6.46. The third kappa shape index (κ3) is 6.48. The number of benzene rings is 1. The summed E-state index contributed by atoms with van der Waals surface area (Å²) in [7, 11) is 3.25. The Morgan fingerprint density at radius 1 is 1.00 bits per heavy atom. The zero-order valence-electron chi connectivity index (χ0n) is 13.2. The molecule has 0 aliphatic heterocycles. The standard InChI is InChI=1S/C14H22O2.C2H6O/c1-13(2,3)9-14(4,5)11-8-10(15)6-7-12(11)16;1-3-2/h6-8,15-16H,9H2,1-5H3;1-2H3. The maximum atomic E-state index is 9.86. The summed E-state index contributed by atoms with van der Waals surface area (Å²) in [5, 5.41) is 19.3. The van der Waals surface area contributed by atoms with Gasteiger partial charge in [-0.1, -0.05) is 34.6 Å². The van der Waals surface area contributed by atoms with E-state index in [1.54, 1.807) is 26.4 Å². The van der Waals surface area contributed by atoms with Gasteiger partial charge in [-0.3, -0.25) is 0 Å². The van der Waals surface area contributed by atoms with Gasteiger partial charge in [0.1, 0.15) is 11.5 Å². The van der Waals surface area contributed by atoms with E-state index in [0.717, 1.165) is 12.0 Å². The molecule has 0 amide bonds. The molecule has 0 radical (unpaired) electrons. The topological polar surface area (TPSA) is 49.7 Å².